The van der Waals surface area contributed by atoms with Crippen molar-refractivity contribution in [3.05, 3.63) is 172 Å². The summed E-state index contributed by atoms with van der Waals surface area (Å²) in [4.78, 5) is 5.45. The van der Waals surface area contributed by atoms with Gasteiger partial charge in [0.1, 0.15) is 0 Å². The molecule has 0 amide bonds. The topological polar surface area (TPSA) is 6.48 Å². The van der Waals surface area contributed by atoms with E-state index in [4.69, 9.17) is 0 Å². The summed E-state index contributed by atoms with van der Waals surface area (Å²) in [6.07, 6.45) is 1.11. The number of nitrogens with zero attached hydrogens (tertiary/aromatic N) is 2. The maximum atomic E-state index is 2.79. The molecular weight excluding hydrogens is 820 g/mol. The molecule has 0 fully saturated rings. The summed E-state index contributed by atoms with van der Waals surface area (Å²) in [5.74, 6) is 0. The zero-order valence-corrected chi connectivity index (χ0v) is 43.8. The second-order valence-corrected chi connectivity index (χ2v) is 25.9. The van der Waals surface area contributed by atoms with E-state index in [0.717, 1.165) is 6.42 Å². The van der Waals surface area contributed by atoms with Crippen LogP contribution in [0.15, 0.2) is 127 Å². The lowest BCUT2D eigenvalue weighted by atomic mass is 9.33. The number of anilines is 6. The van der Waals surface area contributed by atoms with Crippen molar-refractivity contribution in [2.75, 3.05) is 9.80 Å². The van der Waals surface area contributed by atoms with E-state index in [2.05, 4.69) is 248 Å². The van der Waals surface area contributed by atoms with Crippen LogP contribution in [0.2, 0.25) is 0 Å². The first-order valence-electron chi connectivity index (χ1n) is 25.3. The van der Waals surface area contributed by atoms with Gasteiger partial charge in [-0.25, -0.2) is 0 Å². The molecule has 2 nitrogen and oxygen atoms in total. The van der Waals surface area contributed by atoms with Gasteiger partial charge in [-0.1, -0.05) is 195 Å². The fourth-order valence-corrected chi connectivity index (χ4v) is 13.0. The van der Waals surface area contributed by atoms with Gasteiger partial charge in [0.05, 0.1) is 5.69 Å². The van der Waals surface area contributed by atoms with Gasteiger partial charge in [-0.3, -0.25) is 0 Å². The Labute approximate surface area is 408 Å². The monoisotopic (exact) mass is 891 g/mol. The van der Waals surface area contributed by atoms with Crippen LogP contribution >= 0.6 is 0 Å². The fraction of sp³-hybridized carbons (Fsp3) is 0.354. The van der Waals surface area contributed by atoms with E-state index in [1.165, 1.54) is 117 Å². The van der Waals surface area contributed by atoms with Crippen molar-refractivity contribution in [3.63, 3.8) is 0 Å². The Bertz CT molecular complexity index is 3250. The van der Waals surface area contributed by atoms with Crippen LogP contribution in [0, 0.1) is 6.92 Å². The molecule has 3 heteroatoms. The summed E-state index contributed by atoms with van der Waals surface area (Å²) in [6, 6.07) is 50.3. The highest BCUT2D eigenvalue weighted by atomic mass is 15.2. The molecule has 2 aliphatic heterocycles. The minimum atomic E-state index is -0.233. The molecule has 7 aromatic carbocycles. The van der Waals surface area contributed by atoms with Gasteiger partial charge in [0, 0.05) is 33.9 Å². The molecule has 68 heavy (non-hydrogen) atoms. The van der Waals surface area contributed by atoms with Gasteiger partial charge in [-0.2, -0.15) is 0 Å². The highest BCUT2D eigenvalue weighted by molar-refractivity contribution is 7.00. The van der Waals surface area contributed by atoms with Gasteiger partial charge in [0.25, 0.3) is 6.71 Å². The molecule has 0 saturated carbocycles. The lowest BCUT2D eigenvalue weighted by Crippen LogP contribution is -2.62. The first-order valence-corrected chi connectivity index (χ1v) is 25.3. The summed E-state index contributed by atoms with van der Waals surface area (Å²) in [6.45, 7) is 38.6. The number of rotatable bonds is 3. The van der Waals surface area contributed by atoms with E-state index in [-0.39, 0.29) is 39.2 Å². The maximum absolute atomic E-state index is 2.79. The first kappa shape index (κ1) is 44.7. The van der Waals surface area contributed by atoms with Gasteiger partial charge in [0.2, 0.25) is 0 Å². The molecule has 0 N–H and O–H groups in total. The van der Waals surface area contributed by atoms with Crippen molar-refractivity contribution >= 4 is 57.2 Å². The lowest BCUT2D eigenvalue weighted by molar-refractivity contribution is 0.403. The van der Waals surface area contributed by atoms with Crippen LogP contribution in [0.1, 0.15) is 155 Å². The average molecular weight is 891 g/mol. The second kappa shape index (κ2) is 14.4. The number of hydrogen-bond acceptors (Lipinski definition) is 2. The van der Waals surface area contributed by atoms with E-state index in [1.54, 1.807) is 0 Å². The molecule has 0 spiro atoms. The molecule has 0 radical (unpaired) electrons. The molecule has 0 unspecified atom stereocenters. The fourth-order valence-electron chi connectivity index (χ4n) is 13.0. The maximum Gasteiger partial charge on any atom is 0.252 e. The van der Waals surface area contributed by atoms with Crippen LogP contribution in [0.3, 0.4) is 0 Å². The molecule has 2 aliphatic carbocycles. The van der Waals surface area contributed by atoms with Crippen LogP contribution in [0.4, 0.5) is 34.1 Å². The third-order valence-corrected chi connectivity index (χ3v) is 16.6. The minimum Gasteiger partial charge on any atom is -0.311 e. The molecule has 11 rings (SSSR count). The summed E-state index contributed by atoms with van der Waals surface area (Å²) in [5.41, 5.74) is 27.8. The van der Waals surface area contributed by atoms with Crippen molar-refractivity contribution in [1.82, 2.24) is 0 Å². The summed E-state index contributed by atoms with van der Waals surface area (Å²) < 4.78 is 0. The van der Waals surface area contributed by atoms with Crippen molar-refractivity contribution in [2.45, 2.75) is 150 Å². The predicted molar refractivity (Wildman–Crippen MR) is 295 cm³/mol. The molecule has 7 aromatic rings. The van der Waals surface area contributed by atoms with Gasteiger partial charge in [-0.05, 0) is 160 Å². The van der Waals surface area contributed by atoms with Crippen LogP contribution < -0.4 is 26.2 Å². The number of aryl methyl sites for hydroxylation is 1. The van der Waals surface area contributed by atoms with E-state index < -0.39 is 0 Å². The summed E-state index contributed by atoms with van der Waals surface area (Å²) in [5, 5.41) is 0. The number of fused-ring (bicyclic) bond motifs is 8. The SMILES string of the molecule is Cc1ccc(-c2ccccc2)cc1N1c2ccc(C(C)(C)C)cc2B2c3cc4c(cc3N(c3cc(C(C)(C)C)cc5c3C(C)(C)c3ccccc3-5)c3cc(C(C)(C)C)cc1c32)C(C)(C)CC4(C)C. The third-order valence-electron chi connectivity index (χ3n) is 16.6. The average Bonchev–Trinajstić information content (AvgIpc) is 3.61. The Morgan fingerprint density at radius 2 is 0.985 bits per heavy atom. The van der Waals surface area contributed by atoms with E-state index in [0.29, 0.717) is 0 Å². The Hall–Kier alpha value is -5.80. The van der Waals surface area contributed by atoms with Gasteiger partial charge in [-0.15, -0.1) is 0 Å². The van der Waals surface area contributed by atoms with Crippen LogP contribution in [0.25, 0.3) is 22.3 Å². The standard InChI is InChI=1S/C65H71BN2/c1-39-26-27-41(40-22-18-17-19-23-40)30-53(39)67-52-29-28-42(60(2,3)4)32-50(52)66-51-36-48-49(64(13,14)38-63(48,11)12)37-54(51)68(57-35-44(62(8,9)10)34-56(67)59(57)66)55-33-43(61(5,6)7)31-46-45-24-20-21-25-47(45)65(15,16)58(46)55/h17-37H,38H2,1-16H3. The molecule has 344 valence electrons. The quantitative estimate of drug-likeness (QED) is 0.163. The van der Waals surface area contributed by atoms with Crippen molar-refractivity contribution in [1.29, 1.82) is 0 Å². The van der Waals surface area contributed by atoms with Crippen molar-refractivity contribution < 1.29 is 0 Å². The first-order chi connectivity index (χ1) is 31.8. The Morgan fingerprint density at radius 1 is 0.426 bits per heavy atom. The van der Waals surface area contributed by atoms with Crippen LogP contribution in [-0.4, -0.2) is 6.71 Å². The van der Waals surface area contributed by atoms with Gasteiger partial charge in [0.15, 0.2) is 0 Å². The molecule has 2 heterocycles. The Balaban J connectivity index is 1.33. The smallest absolute Gasteiger partial charge is 0.252 e. The van der Waals surface area contributed by atoms with Crippen molar-refractivity contribution in [3.8, 4) is 22.3 Å². The molecular formula is C65H71BN2. The van der Waals surface area contributed by atoms with Crippen LogP contribution in [-0.2, 0) is 32.5 Å². The predicted octanol–water partition coefficient (Wildman–Crippen LogP) is 15.9. The van der Waals surface area contributed by atoms with Gasteiger partial charge < -0.3 is 9.80 Å². The molecule has 0 saturated heterocycles. The normalized spacial score (nSPS) is 17.0. The lowest BCUT2D eigenvalue weighted by Gasteiger charge is -2.47. The zero-order valence-electron chi connectivity index (χ0n) is 43.8. The minimum absolute atomic E-state index is 0.0142. The Kier molecular flexibility index (Phi) is 9.45. The van der Waals surface area contributed by atoms with Gasteiger partial charge >= 0.3 is 0 Å². The molecule has 4 aliphatic rings. The molecule has 0 aromatic heterocycles. The zero-order chi connectivity index (χ0) is 48.4. The van der Waals surface area contributed by atoms with Crippen LogP contribution in [0.5, 0.6) is 0 Å². The second-order valence-electron chi connectivity index (χ2n) is 25.9. The highest BCUT2D eigenvalue weighted by Gasteiger charge is 2.50. The largest absolute Gasteiger partial charge is 0.311 e. The van der Waals surface area contributed by atoms with E-state index in [1.807, 2.05) is 0 Å². The number of benzene rings is 7. The highest BCUT2D eigenvalue weighted by Crippen LogP contribution is 2.58. The molecule has 0 bridgehead atoms. The summed E-state index contributed by atoms with van der Waals surface area (Å²) >= 11 is 0. The summed E-state index contributed by atoms with van der Waals surface area (Å²) in [7, 11) is 0. The third kappa shape index (κ3) is 6.57. The molecule has 0 atom stereocenters. The number of hydrogen-bond donors (Lipinski definition) is 0. The van der Waals surface area contributed by atoms with E-state index in [9.17, 15) is 0 Å². The Morgan fingerprint density at radius 3 is 1.63 bits per heavy atom. The van der Waals surface area contributed by atoms with E-state index >= 15 is 0 Å². The van der Waals surface area contributed by atoms with Crippen molar-refractivity contribution in [2.24, 2.45) is 0 Å².